The average molecular weight is 340 g/mol. The van der Waals surface area contributed by atoms with Crippen LogP contribution in [0.3, 0.4) is 0 Å². The highest BCUT2D eigenvalue weighted by Crippen LogP contribution is 2.66. The van der Waals surface area contributed by atoms with Crippen molar-refractivity contribution in [3.63, 3.8) is 0 Å². The Kier molecular flexibility index (Phi) is 2.45. The van der Waals surface area contributed by atoms with Crippen LogP contribution in [-0.4, -0.2) is 28.1 Å². The number of fused-ring (bicyclic) bond motifs is 2. The fourth-order valence-corrected chi connectivity index (χ4v) is 4.91. The number of hydrogen-bond acceptors (Lipinski definition) is 2. The van der Waals surface area contributed by atoms with Gasteiger partial charge in [-0.25, -0.2) is 0 Å². The van der Waals surface area contributed by atoms with Crippen molar-refractivity contribution in [3.8, 4) is 0 Å². The first-order valence-corrected chi connectivity index (χ1v) is 8.94. The molecule has 3 aliphatic rings. The Morgan fingerprint density at radius 1 is 1.12 bits per heavy atom. The van der Waals surface area contributed by atoms with Gasteiger partial charge in [0, 0.05) is 40.2 Å². The Bertz CT molecular complexity index is 1120. The normalized spacial score (nSPS) is 25.5. The smallest absolute Gasteiger partial charge is 0.274 e. The van der Waals surface area contributed by atoms with Crippen LogP contribution in [0.5, 0.6) is 0 Å². The van der Waals surface area contributed by atoms with E-state index in [1.54, 1.807) is 6.08 Å². The number of piperidine rings is 1. The molecule has 4 heteroatoms. The largest absolute Gasteiger partial charge is 0.351 e. The molecular formula is C22H16N2O2. The van der Waals surface area contributed by atoms with Crippen LogP contribution in [-0.2, 0) is 5.41 Å². The van der Waals surface area contributed by atoms with Crippen molar-refractivity contribution in [2.75, 3.05) is 6.54 Å². The summed E-state index contributed by atoms with van der Waals surface area (Å²) in [6.07, 6.45) is 2.72. The van der Waals surface area contributed by atoms with Crippen molar-refractivity contribution in [2.45, 2.75) is 11.8 Å². The standard InChI is InChI=1S/C22H16N2O2/c25-19-10-20-22(16-7-3-2-6-15(16)19)11-14(22)12-24(20)21(26)18-9-13-5-1-4-8-17(13)23-18/h1-10,14,23H,11-12H2/t14-,22-/m1/s1. The lowest BCUT2D eigenvalue weighted by atomic mass is 9.81. The third-order valence-electron chi connectivity index (χ3n) is 6.20. The Hall–Kier alpha value is -3.14. The highest BCUT2D eigenvalue weighted by atomic mass is 16.2. The van der Waals surface area contributed by atoms with Gasteiger partial charge >= 0.3 is 0 Å². The molecule has 1 spiro atoms. The van der Waals surface area contributed by atoms with Crippen LogP contribution in [0.4, 0.5) is 0 Å². The summed E-state index contributed by atoms with van der Waals surface area (Å²) in [6.45, 7) is 0.682. The number of rotatable bonds is 1. The lowest BCUT2D eigenvalue weighted by Gasteiger charge is -2.29. The van der Waals surface area contributed by atoms with E-state index in [4.69, 9.17) is 0 Å². The number of ketones is 1. The van der Waals surface area contributed by atoms with Crippen molar-refractivity contribution < 1.29 is 9.59 Å². The Balaban J connectivity index is 1.45. The quantitative estimate of drug-likeness (QED) is 0.735. The maximum absolute atomic E-state index is 13.2. The lowest BCUT2D eigenvalue weighted by Crippen LogP contribution is -2.33. The molecule has 2 aliphatic carbocycles. The number of carbonyl (C=O) groups excluding carboxylic acids is 2. The number of carbonyl (C=O) groups is 2. The van der Waals surface area contributed by atoms with Crippen LogP contribution in [0.1, 0.15) is 32.8 Å². The van der Waals surface area contributed by atoms with Crippen molar-refractivity contribution >= 4 is 22.6 Å². The number of amides is 1. The fourth-order valence-electron chi connectivity index (χ4n) is 4.91. The molecule has 26 heavy (non-hydrogen) atoms. The van der Waals surface area contributed by atoms with Gasteiger partial charge in [-0.15, -0.1) is 0 Å². The molecule has 2 heterocycles. The van der Waals surface area contributed by atoms with E-state index < -0.39 is 0 Å². The van der Waals surface area contributed by atoms with Gasteiger partial charge < -0.3 is 9.88 Å². The zero-order valence-electron chi connectivity index (χ0n) is 14.0. The maximum Gasteiger partial charge on any atom is 0.274 e. The molecule has 0 bridgehead atoms. The maximum atomic E-state index is 13.2. The predicted octanol–water partition coefficient (Wildman–Crippen LogP) is 3.66. The van der Waals surface area contributed by atoms with Gasteiger partial charge in [0.2, 0.25) is 0 Å². The zero-order valence-corrected chi connectivity index (χ0v) is 14.0. The van der Waals surface area contributed by atoms with Crippen LogP contribution < -0.4 is 0 Å². The van der Waals surface area contributed by atoms with E-state index in [9.17, 15) is 9.59 Å². The minimum Gasteiger partial charge on any atom is -0.351 e. The molecule has 2 fully saturated rings. The molecule has 1 aliphatic heterocycles. The Morgan fingerprint density at radius 3 is 2.81 bits per heavy atom. The number of aromatic amines is 1. The first kappa shape index (κ1) is 14.1. The van der Waals surface area contributed by atoms with Crippen molar-refractivity contribution in [3.05, 3.63) is 83.2 Å². The highest BCUT2D eigenvalue weighted by Gasteiger charge is 2.67. The van der Waals surface area contributed by atoms with E-state index in [1.807, 2.05) is 53.4 Å². The van der Waals surface area contributed by atoms with E-state index in [2.05, 4.69) is 11.1 Å². The number of benzene rings is 2. The fraction of sp³-hybridized carbons (Fsp3) is 0.182. The first-order chi connectivity index (χ1) is 12.7. The van der Waals surface area contributed by atoms with Crippen molar-refractivity contribution in [1.82, 2.24) is 9.88 Å². The lowest BCUT2D eigenvalue weighted by molar-refractivity contribution is 0.0806. The minimum absolute atomic E-state index is 0.00298. The summed E-state index contributed by atoms with van der Waals surface area (Å²) < 4.78 is 0. The van der Waals surface area contributed by atoms with Crippen molar-refractivity contribution in [1.29, 1.82) is 0 Å². The van der Waals surface area contributed by atoms with E-state index >= 15 is 0 Å². The zero-order chi connectivity index (χ0) is 17.5. The van der Waals surface area contributed by atoms with Crippen molar-refractivity contribution in [2.24, 2.45) is 5.92 Å². The molecule has 3 aromatic rings. The summed E-state index contributed by atoms with van der Waals surface area (Å²) in [5.74, 6) is 0.366. The number of H-pyrrole nitrogens is 1. The third kappa shape index (κ3) is 1.59. The number of nitrogens with zero attached hydrogens (tertiary/aromatic N) is 1. The number of para-hydroxylation sites is 1. The van der Waals surface area contributed by atoms with Gasteiger partial charge in [0.05, 0.1) is 0 Å². The molecule has 1 aromatic heterocycles. The number of nitrogens with one attached hydrogen (secondary N) is 1. The summed E-state index contributed by atoms with van der Waals surface area (Å²) in [4.78, 5) is 30.8. The van der Waals surface area contributed by atoms with Crippen LogP contribution in [0, 0.1) is 5.92 Å². The Labute approximate surface area is 150 Å². The first-order valence-electron chi connectivity index (χ1n) is 8.94. The van der Waals surface area contributed by atoms with Gasteiger partial charge in [0.25, 0.3) is 5.91 Å². The van der Waals surface area contributed by atoms with E-state index in [-0.39, 0.29) is 17.1 Å². The molecule has 2 aromatic carbocycles. The monoisotopic (exact) mass is 340 g/mol. The molecule has 1 saturated carbocycles. The number of hydrogen-bond donors (Lipinski definition) is 1. The molecule has 0 unspecified atom stereocenters. The van der Waals surface area contributed by atoms with Crippen LogP contribution >= 0.6 is 0 Å². The molecule has 126 valence electrons. The molecule has 2 atom stereocenters. The van der Waals surface area contributed by atoms with Gasteiger partial charge in [0.15, 0.2) is 5.78 Å². The number of aromatic nitrogens is 1. The second kappa shape index (κ2) is 4.52. The summed E-state index contributed by atoms with van der Waals surface area (Å²) in [6, 6.07) is 17.6. The molecule has 4 nitrogen and oxygen atoms in total. The highest BCUT2D eigenvalue weighted by molar-refractivity contribution is 6.10. The van der Waals surface area contributed by atoms with Gasteiger partial charge in [0.1, 0.15) is 5.69 Å². The average Bonchev–Trinajstić information content (AvgIpc) is 3.06. The summed E-state index contributed by atoms with van der Waals surface area (Å²) in [7, 11) is 0. The SMILES string of the molecule is O=C1C=C2N(C(=O)c3cc4ccccc4[nH]3)C[C@H]3C[C@@]23c2ccccc21. The second-order valence-electron chi connectivity index (χ2n) is 7.50. The summed E-state index contributed by atoms with van der Waals surface area (Å²) in [5, 5.41) is 1.02. The molecule has 1 amide bonds. The third-order valence-corrected chi connectivity index (χ3v) is 6.20. The number of allylic oxidation sites excluding steroid dienone is 2. The minimum atomic E-state index is -0.133. The van der Waals surface area contributed by atoms with Crippen LogP contribution in [0.2, 0.25) is 0 Å². The molecule has 0 radical (unpaired) electrons. The molecular weight excluding hydrogens is 324 g/mol. The topological polar surface area (TPSA) is 53.2 Å². The molecule has 1 saturated heterocycles. The molecule has 6 rings (SSSR count). The van der Waals surface area contributed by atoms with E-state index in [0.29, 0.717) is 18.2 Å². The van der Waals surface area contributed by atoms with E-state index in [0.717, 1.165) is 34.1 Å². The van der Waals surface area contributed by atoms with Gasteiger partial charge in [-0.2, -0.15) is 0 Å². The predicted molar refractivity (Wildman–Crippen MR) is 98.0 cm³/mol. The van der Waals surface area contributed by atoms with Gasteiger partial charge in [-0.1, -0.05) is 42.5 Å². The van der Waals surface area contributed by atoms with Crippen LogP contribution in [0.25, 0.3) is 10.9 Å². The summed E-state index contributed by atoms with van der Waals surface area (Å²) in [5.41, 5.74) is 4.17. The van der Waals surface area contributed by atoms with E-state index in [1.165, 1.54) is 0 Å². The number of likely N-dealkylation sites (tertiary alicyclic amines) is 1. The second-order valence-corrected chi connectivity index (χ2v) is 7.50. The van der Waals surface area contributed by atoms with Gasteiger partial charge in [-0.3, -0.25) is 9.59 Å². The Morgan fingerprint density at radius 2 is 1.92 bits per heavy atom. The summed E-state index contributed by atoms with van der Waals surface area (Å²) >= 11 is 0. The molecule has 1 N–H and O–H groups in total. The van der Waals surface area contributed by atoms with Crippen LogP contribution in [0.15, 0.2) is 66.4 Å². The van der Waals surface area contributed by atoms with Gasteiger partial charge in [-0.05, 0) is 30.0 Å².